The maximum absolute atomic E-state index is 12.7. The van der Waals surface area contributed by atoms with E-state index in [1.54, 1.807) is 0 Å². The largest absolute Gasteiger partial charge is 0.462 e. The Morgan fingerprint density at radius 1 is 0.387 bits per heavy atom. The highest BCUT2D eigenvalue weighted by Gasteiger charge is 2.17. The van der Waals surface area contributed by atoms with Gasteiger partial charge in [0.1, 0.15) is 6.61 Å². The smallest absolute Gasteiger partial charge is 0.310 e. The Hall–Kier alpha value is -3.70. The highest BCUT2D eigenvalue weighted by Crippen LogP contribution is 2.13. The Balaban J connectivity index is 4.50. The van der Waals surface area contributed by atoms with Crippen LogP contribution in [0.3, 0.4) is 0 Å². The van der Waals surface area contributed by atoms with Crippen LogP contribution in [0.2, 0.25) is 0 Å². The van der Waals surface area contributed by atoms with Crippen molar-refractivity contribution in [3.8, 4) is 0 Å². The van der Waals surface area contributed by atoms with Crippen molar-refractivity contribution < 1.29 is 23.8 Å². The molecule has 0 N–H and O–H groups in total. The number of ether oxygens (including phenoxy) is 3. The normalized spacial score (nSPS) is 13.3. The van der Waals surface area contributed by atoms with Crippen LogP contribution in [0.1, 0.15) is 201 Å². The fourth-order valence-corrected chi connectivity index (χ4v) is 6.38. The summed E-state index contributed by atoms with van der Waals surface area (Å²) in [6, 6.07) is 0. The summed E-state index contributed by atoms with van der Waals surface area (Å²) in [5.74, 6) is -0.617. The van der Waals surface area contributed by atoms with Crippen molar-refractivity contribution >= 4 is 11.9 Å². The Bertz CT molecular complexity index is 1290. The quantitative estimate of drug-likeness (QED) is 0.0347. The summed E-state index contributed by atoms with van der Waals surface area (Å²) in [5, 5.41) is 0. The van der Waals surface area contributed by atoms with Gasteiger partial charge in [-0.2, -0.15) is 0 Å². The van der Waals surface area contributed by atoms with Crippen molar-refractivity contribution in [1.82, 2.24) is 0 Å². The summed E-state index contributed by atoms with van der Waals surface area (Å²) in [5.41, 5.74) is 0. The van der Waals surface area contributed by atoms with Gasteiger partial charge in [0.05, 0.1) is 13.0 Å². The fraction of sp³-hybridized carbons (Fsp3) is 0.614. The second-order valence-corrected chi connectivity index (χ2v) is 16.0. The second kappa shape index (κ2) is 51.6. The molecule has 0 saturated carbocycles. The summed E-state index contributed by atoms with van der Waals surface area (Å²) in [6.07, 6.45) is 72.3. The van der Waals surface area contributed by atoms with Gasteiger partial charge in [0.15, 0.2) is 6.10 Å². The van der Waals surface area contributed by atoms with Crippen LogP contribution in [-0.2, 0) is 23.8 Å². The van der Waals surface area contributed by atoms with Crippen LogP contribution in [0.25, 0.3) is 0 Å². The molecule has 0 saturated heterocycles. The molecule has 1 unspecified atom stereocenters. The summed E-state index contributed by atoms with van der Waals surface area (Å²) < 4.78 is 17.2. The Labute approximate surface area is 382 Å². The molecular formula is C57H92O5. The van der Waals surface area contributed by atoms with Crippen molar-refractivity contribution in [3.63, 3.8) is 0 Å². The summed E-state index contributed by atoms with van der Waals surface area (Å²) in [7, 11) is 0. The lowest BCUT2D eigenvalue weighted by atomic mass is 10.0. The standard InChI is InChI=1S/C57H92O5/c1-4-7-10-13-16-19-22-25-28-29-31-32-35-38-41-44-47-50-56(58)61-54-55(53-60-52-49-46-43-40-37-34-27-24-21-18-15-12-9-6-3)62-57(59)51-48-45-42-39-36-33-30-26-23-20-17-14-11-8-5-2/h7-8,10-11,16-17,19-20,25-26,28,30-32,36,38-39,41,45,48,55H,4-6,9,12-15,18,21-24,27,29,33-35,37,40,42-44,46-47,49-54H2,1-3H3/b10-7-,11-8-,19-16-,20-17-,28-25-,30-26-,32-31-,39-36-,41-38-,48-45-. The third kappa shape index (κ3) is 49.0. The molecule has 0 aromatic heterocycles. The first-order chi connectivity index (χ1) is 30.6. The maximum Gasteiger partial charge on any atom is 0.310 e. The number of hydrogen-bond donors (Lipinski definition) is 0. The van der Waals surface area contributed by atoms with Crippen LogP contribution in [0, 0.1) is 0 Å². The molecule has 0 aliphatic rings. The zero-order valence-electron chi connectivity index (χ0n) is 40.1. The van der Waals surface area contributed by atoms with Gasteiger partial charge in [0.2, 0.25) is 0 Å². The molecule has 62 heavy (non-hydrogen) atoms. The zero-order valence-corrected chi connectivity index (χ0v) is 40.1. The Morgan fingerprint density at radius 2 is 0.758 bits per heavy atom. The van der Waals surface area contributed by atoms with Crippen molar-refractivity contribution in [2.75, 3.05) is 19.8 Å². The van der Waals surface area contributed by atoms with E-state index in [1.165, 1.54) is 77.0 Å². The first-order valence-electron chi connectivity index (χ1n) is 25.1. The molecule has 0 spiro atoms. The third-order valence-corrected chi connectivity index (χ3v) is 10.0. The molecule has 0 amide bonds. The summed E-state index contributed by atoms with van der Waals surface area (Å²) >= 11 is 0. The van der Waals surface area contributed by atoms with Crippen molar-refractivity contribution in [2.24, 2.45) is 0 Å². The molecule has 1 atom stereocenters. The van der Waals surface area contributed by atoms with Gasteiger partial charge in [0, 0.05) is 13.0 Å². The zero-order chi connectivity index (χ0) is 44.9. The lowest BCUT2D eigenvalue weighted by Crippen LogP contribution is -2.29. The van der Waals surface area contributed by atoms with Gasteiger partial charge in [-0.25, -0.2) is 0 Å². The molecule has 0 radical (unpaired) electrons. The van der Waals surface area contributed by atoms with Gasteiger partial charge in [-0.1, -0.05) is 226 Å². The van der Waals surface area contributed by atoms with E-state index in [1.807, 2.05) is 12.2 Å². The van der Waals surface area contributed by atoms with E-state index in [9.17, 15) is 9.59 Å². The molecular weight excluding hydrogens is 765 g/mol. The molecule has 0 aromatic carbocycles. The van der Waals surface area contributed by atoms with Gasteiger partial charge in [0.25, 0.3) is 0 Å². The van der Waals surface area contributed by atoms with E-state index < -0.39 is 6.10 Å². The second-order valence-electron chi connectivity index (χ2n) is 16.0. The molecule has 0 heterocycles. The van der Waals surface area contributed by atoms with Gasteiger partial charge < -0.3 is 14.2 Å². The van der Waals surface area contributed by atoms with E-state index in [4.69, 9.17) is 14.2 Å². The lowest BCUT2D eigenvalue weighted by Gasteiger charge is -2.18. The molecule has 0 aliphatic carbocycles. The summed E-state index contributed by atoms with van der Waals surface area (Å²) in [4.78, 5) is 25.3. The van der Waals surface area contributed by atoms with Crippen LogP contribution in [0.15, 0.2) is 122 Å². The summed E-state index contributed by atoms with van der Waals surface area (Å²) in [6.45, 7) is 7.42. The fourth-order valence-electron chi connectivity index (χ4n) is 6.38. The number of rotatable bonds is 44. The van der Waals surface area contributed by atoms with E-state index in [0.29, 0.717) is 19.4 Å². The Kier molecular flexibility index (Phi) is 48.6. The first kappa shape index (κ1) is 58.3. The number of allylic oxidation sites excluding steroid dienone is 19. The van der Waals surface area contributed by atoms with Gasteiger partial charge in [-0.15, -0.1) is 0 Å². The average Bonchev–Trinajstić information content (AvgIpc) is 3.27. The number of esters is 2. The SMILES string of the molecule is CC/C=C\C/C=C\C/C=C\C/C=C\C/C=C\CCCC(=O)OCC(COCCCCCCCCCCCCCCCC)OC(=O)C/C=C\C/C=C\C/C=C\C/C=C\C/C=C\CC. The number of unbranched alkanes of at least 4 members (excludes halogenated alkanes) is 14. The molecule has 0 aliphatic heterocycles. The predicted molar refractivity (Wildman–Crippen MR) is 269 cm³/mol. The maximum atomic E-state index is 12.7. The third-order valence-electron chi connectivity index (χ3n) is 10.0. The molecule has 350 valence electrons. The van der Waals surface area contributed by atoms with Crippen LogP contribution in [0.4, 0.5) is 0 Å². The average molecular weight is 857 g/mol. The van der Waals surface area contributed by atoms with E-state index >= 15 is 0 Å². The van der Waals surface area contributed by atoms with Crippen molar-refractivity contribution in [1.29, 1.82) is 0 Å². The molecule has 0 aromatic rings. The minimum absolute atomic E-state index is 0.0106. The van der Waals surface area contributed by atoms with Crippen LogP contribution < -0.4 is 0 Å². The molecule has 0 bridgehead atoms. The molecule has 5 heteroatoms. The molecule has 0 rings (SSSR count). The van der Waals surface area contributed by atoms with E-state index in [-0.39, 0.29) is 31.6 Å². The number of hydrogen-bond acceptors (Lipinski definition) is 5. The van der Waals surface area contributed by atoms with E-state index in [0.717, 1.165) is 83.5 Å². The van der Waals surface area contributed by atoms with Crippen molar-refractivity contribution in [3.05, 3.63) is 122 Å². The van der Waals surface area contributed by atoms with Crippen LogP contribution in [0.5, 0.6) is 0 Å². The van der Waals surface area contributed by atoms with E-state index in [2.05, 4.69) is 130 Å². The lowest BCUT2D eigenvalue weighted by molar-refractivity contribution is -0.162. The highest BCUT2D eigenvalue weighted by atomic mass is 16.6. The number of carbonyl (C=O) groups excluding carboxylic acids is 2. The molecule has 0 fully saturated rings. The highest BCUT2D eigenvalue weighted by molar-refractivity contribution is 5.71. The first-order valence-corrected chi connectivity index (χ1v) is 25.1. The van der Waals surface area contributed by atoms with Gasteiger partial charge in [-0.05, 0) is 83.5 Å². The van der Waals surface area contributed by atoms with Crippen molar-refractivity contribution in [2.45, 2.75) is 207 Å². The van der Waals surface area contributed by atoms with Gasteiger partial charge in [-0.3, -0.25) is 9.59 Å². The van der Waals surface area contributed by atoms with Crippen LogP contribution >= 0.6 is 0 Å². The minimum atomic E-state index is -0.619. The molecule has 5 nitrogen and oxygen atoms in total. The van der Waals surface area contributed by atoms with Crippen LogP contribution in [-0.4, -0.2) is 37.9 Å². The number of carbonyl (C=O) groups is 2. The topological polar surface area (TPSA) is 61.8 Å². The Morgan fingerprint density at radius 3 is 1.18 bits per heavy atom. The minimum Gasteiger partial charge on any atom is -0.462 e. The monoisotopic (exact) mass is 857 g/mol. The van der Waals surface area contributed by atoms with Gasteiger partial charge >= 0.3 is 11.9 Å². The predicted octanol–water partition coefficient (Wildman–Crippen LogP) is 17.0.